The Bertz CT molecular complexity index is 342. The summed E-state index contributed by atoms with van der Waals surface area (Å²) in [6, 6.07) is 0. The number of alkyl carbamates (subject to hydrolysis) is 2. The molecule has 4 atom stereocenters. The predicted molar refractivity (Wildman–Crippen MR) is 74.9 cm³/mol. The first kappa shape index (κ1) is 15.9. The zero-order valence-electron chi connectivity index (χ0n) is 12.6. The highest BCUT2D eigenvalue weighted by Crippen LogP contribution is 2.43. The van der Waals surface area contributed by atoms with Gasteiger partial charge in [0.15, 0.2) is 0 Å². The van der Waals surface area contributed by atoms with E-state index in [0.717, 1.165) is 12.8 Å². The van der Waals surface area contributed by atoms with Crippen molar-refractivity contribution < 1.29 is 23.8 Å². The fourth-order valence-electron chi connectivity index (χ4n) is 3.07. The lowest BCUT2D eigenvalue weighted by Gasteiger charge is -2.27. The lowest BCUT2D eigenvalue weighted by molar-refractivity contribution is 0.0682. The molecule has 2 heterocycles. The molecule has 21 heavy (non-hydrogen) atoms. The average Bonchev–Trinajstić information content (AvgIpc) is 3.04. The number of hydrogen-bond acceptors (Lipinski definition) is 5. The molecule has 0 radical (unpaired) electrons. The smallest absolute Gasteiger partial charge is 0.407 e. The molecular weight excluding hydrogens is 276 g/mol. The number of hydrogen-bond donors (Lipinski definition) is 2. The van der Waals surface area contributed by atoms with Gasteiger partial charge in [-0.2, -0.15) is 0 Å². The molecular formula is C14H24N2O5. The van der Waals surface area contributed by atoms with Crippen LogP contribution in [-0.4, -0.2) is 50.7 Å². The summed E-state index contributed by atoms with van der Waals surface area (Å²) in [7, 11) is 0. The van der Waals surface area contributed by atoms with Gasteiger partial charge in [-0.15, -0.1) is 0 Å². The van der Waals surface area contributed by atoms with E-state index in [2.05, 4.69) is 10.6 Å². The molecule has 7 nitrogen and oxygen atoms in total. The first-order chi connectivity index (χ1) is 10.2. The van der Waals surface area contributed by atoms with Gasteiger partial charge in [0.25, 0.3) is 0 Å². The molecule has 2 aliphatic rings. The Morgan fingerprint density at radius 2 is 1.38 bits per heavy atom. The normalized spacial score (nSPS) is 30.0. The number of carbonyl (C=O) groups excluding carboxylic acids is 2. The number of nitrogens with one attached hydrogen (secondary N) is 2. The van der Waals surface area contributed by atoms with Crippen LogP contribution in [0.2, 0.25) is 0 Å². The predicted octanol–water partition coefficient (Wildman–Crippen LogP) is 1.27. The molecule has 0 saturated carbocycles. The fourth-order valence-corrected chi connectivity index (χ4v) is 3.07. The first-order valence-electron chi connectivity index (χ1n) is 7.62. The van der Waals surface area contributed by atoms with Gasteiger partial charge in [-0.3, -0.25) is 0 Å². The van der Waals surface area contributed by atoms with Crippen molar-refractivity contribution in [2.24, 2.45) is 11.8 Å². The minimum atomic E-state index is -0.413. The lowest BCUT2D eigenvalue weighted by atomic mass is 9.80. The SMILES string of the molecule is CCNC(=O)OC[C@@H]1[C@H](COC(=O)NCC)[C@H]2CC[C@@H]1O2. The van der Waals surface area contributed by atoms with Crippen molar-refractivity contribution in [2.75, 3.05) is 26.3 Å². The fraction of sp³-hybridized carbons (Fsp3) is 0.857. The summed E-state index contributed by atoms with van der Waals surface area (Å²) in [6.45, 7) is 5.36. The molecule has 7 heteroatoms. The standard InChI is InChI=1S/C14H24N2O5/c1-3-15-13(17)19-7-9-10(8-20-14(18)16-4-2)12-6-5-11(9)21-12/h9-12H,3-8H2,1-2H3,(H,15,17)(H,16,18)/t9-,10+,11+,12-. The van der Waals surface area contributed by atoms with Gasteiger partial charge in [0.05, 0.1) is 25.4 Å². The molecule has 0 spiro atoms. The maximum Gasteiger partial charge on any atom is 0.407 e. The van der Waals surface area contributed by atoms with Crippen LogP contribution < -0.4 is 10.6 Å². The van der Waals surface area contributed by atoms with Crippen molar-refractivity contribution in [2.45, 2.75) is 38.9 Å². The molecule has 0 aliphatic carbocycles. The summed E-state index contributed by atoms with van der Waals surface area (Å²) in [5.41, 5.74) is 0. The number of carbonyl (C=O) groups is 2. The highest BCUT2D eigenvalue weighted by Gasteiger charge is 2.49. The summed E-state index contributed by atoms with van der Waals surface area (Å²) in [4.78, 5) is 22.8. The van der Waals surface area contributed by atoms with Crippen molar-refractivity contribution >= 4 is 12.2 Å². The van der Waals surface area contributed by atoms with Gasteiger partial charge in [0.1, 0.15) is 0 Å². The van der Waals surface area contributed by atoms with E-state index < -0.39 is 12.2 Å². The molecule has 0 aromatic carbocycles. The van der Waals surface area contributed by atoms with Gasteiger partial charge in [0.2, 0.25) is 0 Å². The molecule has 0 aromatic rings. The number of amides is 2. The molecule has 0 unspecified atom stereocenters. The van der Waals surface area contributed by atoms with Crippen LogP contribution >= 0.6 is 0 Å². The van der Waals surface area contributed by atoms with E-state index in [9.17, 15) is 9.59 Å². The van der Waals surface area contributed by atoms with Gasteiger partial charge < -0.3 is 24.8 Å². The number of rotatable bonds is 6. The van der Waals surface area contributed by atoms with Crippen LogP contribution in [0.3, 0.4) is 0 Å². The molecule has 2 bridgehead atoms. The Balaban J connectivity index is 1.82. The third kappa shape index (κ3) is 4.00. The Kier molecular flexibility index (Phi) is 5.67. The van der Waals surface area contributed by atoms with Crippen LogP contribution in [0.4, 0.5) is 9.59 Å². The zero-order chi connectivity index (χ0) is 15.2. The Morgan fingerprint density at radius 1 is 0.952 bits per heavy atom. The summed E-state index contributed by atoms with van der Waals surface area (Å²) >= 11 is 0. The summed E-state index contributed by atoms with van der Waals surface area (Å²) in [6.07, 6.45) is 1.34. The second-order valence-electron chi connectivity index (χ2n) is 5.38. The first-order valence-corrected chi connectivity index (χ1v) is 7.62. The van der Waals surface area contributed by atoms with Gasteiger partial charge in [-0.05, 0) is 26.7 Å². The minimum absolute atomic E-state index is 0.0979. The van der Waals surface area contributed by atoms with Crippen molar-refractivity contribution in [3.05, 3.63) is 0 Å². The van der Waals surface area contributed by atoms with Crippen LogP contribution in [0, 0.1) is 11.8 Å². The van der Waals surface area contributed by atoms with E-state index >= 15 is 0 Å². The van der Waals surface area contributed by atoms with Crippen molar-refractivity contribution in [3.8, 4) is 0 Å². The second kappa shape index (κ2) is 7.49. The lowest BCUT2D eigenvalue weighted by Crippen LogP contribution is -2.37. The van der Waals surface area contributed by atoms with Gasteiger partial charge in [0, 0.05) is 24.9 Å². The molecule has 2 rings (SSSR count). The van der Waals surface area contributed by atoms with Crippen molar-refractivity contribution in [1.29, 1.82) is 0 Å². The topological polar surface area (TPSA) is 85.9 Å². The molecule has 2 amide bonds. The molecule has 2 N–H and O–H groups in total. The van der Waals surface area contributed by atoms with E-state index in [-0.39, 0.29) is 24.0 Å². The van der Waals surface area contributed by atoms with Crippen molar-refractivity contribution in [1.82, 2.24) is 10.6 Å². The quantitative estimate of drug-likeness (QED) is 0.771. The molecule has 2 fully saturated rings. The second-order valence-corrected chi connectivity index (χ2v) is 5.38. The van der Waals surface area contributed by atoms with Gasteiger partial charge >= 0.3 is 12.2 Å². The summed E-state index contributed by atoms with van der Waals surface area (Å²) in [5, 5.41) is 5.20. The zero-order valence-corrected chi connectivity index (χ0v) is 12.6. The van der Waals surface area contributed by atoms with E-state index in [1.165, 1.54) is 0 Å². The van der Waals surface area contributed by atoms with E-state index in [4.69, 9.17) is 14.2 Å². The van der Waals surface area contributed by atoms with Crippen molar-refractivity contribution in [3.63, 3.8) is 0 Å². The van der Waals surface area contributed by atoms with E-state index in [1.807, 2.05) is 13.8 Å². The molecule has 120 valence electrons. The van der Waals surface area contributed by atoms with Gasteiger partial charge in [-0.1, -0.05) is 0 Å². The third-order valence-corrected chi connectivity index (χ3v) is 4.05. The highest BCUT2D eigenvalue weighted by atomic mass is 16.6. The number of ether oxygens (including phenoxy) is 3. The van der Waals surface area contributed by atoms with E-state index in [0.29, 0.717) is 26.3 Å². The van der Waals surface area contributed by atoms with Crippen LogP contribution in [0.1, 0.15) is 26.7 Å². The summed E-state index contributed by atoms with van der Waals surface area (Å²) in [5.74, 6) is 0.196. The average molecular weight is 300 g/mol. The van der Waals surface area contributed by atoms with Gasteiger partial charge in [-0.25, -0.2) is 9.59 Å². The van der Waals surface area contributed by atoms with Crippen LogP contribution in [0.25, 0.3) is 0 Å². The Hall–Kier alpha value is -1.50. The Morgan fingerprint density at radius 3 is 1.76 bits per heavy atom. The summed E-state index contributed by atoms with van der Waals surface area (Å²) < 4.78 is 16.3. The monoisotopic (exact) mass is 300 g/mol. The molecule has 2 aliphatic heterocycles. The molecule has 0 aromatic heterocycles. The maximum absolute atomic E-state index is 11.4. The molecule has 2 saturated heterocycles. The van der Waals surface area contributed by atoms with Crippen LogP contribution in [0.15, 0.2) is 0 Å². The van der Waals surface area contributed by atoms with Crippen LogP contribution in [-0.2, 0) is 14.2 Å². The van der Waals surface area contributed by atoms with Crippen LogP contribution in [0.5, 0.6) is 0 Å². The largest absolute Gasteiger partial charge is 0.449 e. The minimum Gasteiger partial charge on any atom is -0.449 e. The number of fused-ring (bicyclic) bond motifs is 2. The maximum atomic E-state index is 11.4. The Labute approximate surface area is 124 Å². The third-order valence-electron chi connectivity index (χ3n) is 4.05. The highest BCUT2D eigenvalue weighted by molar-refractivity contribution is 5.67. The van der Waals surface area contributed by atoms with E-state index in [1.54, 1.807) is 0 Å².